The Morgan fingerprint density at radius 1 is 1.42 bits per heavy atom. The van der Waals surface area contributed by atoms with Crippen molar-refractivity contribution in [3.05, 3.63) is 18.0 Å². The first-order valence-electron chi connectivity index (χ1n) is 7.52. The van der Waals surface area contributed by atoms with E-state index in [0.717, 1.165) is 18.9 Å². The van der Waals surface area contributed by atoms with Crippen LogP contribution in [0.1, 0.15) is 51.6 Å². The Morgan fingerprint density at radius 2 is 2.16 bits per heavy atom. The summed E-state index contributed by atoms with van der Waals surface area (Å²) >= 11 is 0. The van der Waals surface area contributed by atoms with Crippen LogP contribution in [0.5, 0.6) is 0 Å². The predicted molar refractivity (Wildman–Crippen MR) is 78.8 cm³/mol. The molecule has 4 nitrogen and oxygen atoms in total. The van der Waals surface area contributed by atoms with E-state index in [4.69, 9.17) is 5.73 Å². The summed E-state index contributed by atoms with van der Waals surface area (Å²) in [5, 5.41) is 4.33. The van der Waals surface area contributed by atoms with E-state index >= 15 is 0 Å². The molecule has 0 spiro atoms. The van der Waals surface area contributed by atoms with Gasteiger partial charge >= 0.3 is 0 Å². The number of nitrogens with zero attached hydrogens (tertiary/aromatic N) is 3. The third-order valence-electron chi connectivity index (χ3n) is 4.47. The van der Waals surface area contributed by atoms with E-state index in [1.165, 1.54) is 18.4 Å². The van der Waals surface area contributed by atoms with Crippen molar-refractivity contribution in [1.82, 2.24) is 14.7 Å². The van der Waals surface area contributed by atoms with Crippen molar-refractivity contribution in [3.63, 3.8) is 0 Å². The molecule has 2 N–H and O–H groups in total. The number of piperidine rings is 1. The highest BCUT2D eigenvalue weighted by atomic mass is 15.3. The zero-order valence-corrected chi connectivity index (χ0v) is 12.7. The van der Waals surface area contributed by atoms with Crippen molar-refractivity contribution < 1.29 is 0 Å². The molecule has 0 aromatic carbocycles. The topological polar surface area (TPSA) is 47.1 Å². The second kappa shape index (κ2) is 6.06. The number of aryl methyl sites for hydroxylation is 1. The molecule has 1 aromatic heterocycles. The molecule has 0 amide bonds. The molecule has 2 heterocycles. The number of hydrogen-bond donors (Lipinski definition) is 1. The highest BCUT2D eigenvalue weighted by Gasteiger charge is 2.33. The van der Waals surface area contributed by atoms with Crippen molar-refractivity contribution in [2.75, 3.05) is 6.54 Å². The zero-order valence-electron chi connectivity index (χ0n) is 12.7. The molecule has 0 radical (unpaired) electrons. The summed E-state index contributed by atoms with van der Waals surface area (Å²) < 4.78 is 1.88. The molecule has 4 atom stereocenters. The molecule has 0 saturated carbocycles. The third kappa shape index (κ3) is 3.18. The van der Waals surface area contributed by atoms with Crippen molar-refractivity contribution in [2.45, 2.75) is 58.2 Å². The maximum atomic E-state index is 6.42. The number of likely N-dealkylation sites (tertiary alicyclic amines) is 1. The molecular weight excluding hydrogens is 236 g/mol. The van der Waals surface area contributed by atoms with Crippen LogP contribution >= 0.6 is 0 Å². The lowest BCUT2D eigenvalue weighted by molar-refractivity contribution is 0.0625. The molecule has 1 aliphatic rings. The minimum atomic E-state index is 0.178. The highest BCUT2D eigenvalue weighted by Crippen LogP contribution is 2.32. The van der Waals surface area contributed by atoms with Crippen LogP contribution in [0.25, 0.3) is 0 Å². The maximum Gasteiger partial charge on any atom is 0.0538 e. The van der Waals surface area contributed by atoms with Crippen LogP contribution in [0.2, 0.25) is 0 Å². The first-order chi connectivity index (χ1) is 9.02. The Bertz CT molecular complexity index is 401. The van der Waals surface area contributed by atoms with Gasteiger partial charge in [0.2, 0.25) is 0 Å². The minimum Gasteiger partial charge on any atom is -0.326 e. The molecule has 2 rings (SSSR count). The molecule has 1 saturated heterocycles. The number of hydrogen-bond acceptors (Lipinski definition) is 3. The molecule has 0 bridgehead atoms. The molecule has 4 unspecified atom stereocenters. The van der Waals surface area contributed by atoms with Gasteiger partial charge in [0, 0.05) is 37.4 Å². The van der Waals surface area contributed by atoms with Gasteiger partial charge in [-0.05, 0) is 32.1 Å². The predicted octanol–water partition coefficient (Wildman–Crippen LogP) is 2.32. The largest absolute Gasteiger partial charge is 0.326 e. The van der Waals surface area contributed by atoms with Gasteiger partial charge in [0.05, 0.1) is 12.2 Å². The zero-order chi connectivity index (χ0) is 14.0. The molecule has 19 heavy (non-hydrogen) atoms. The van der Waals surface area contributed by atoms with Gasteiger partial charge in [-0.25, -0.2) is 0 Å². The monoisotopic (exact) mass is 264 g/mol. The van der Waals surface area contributed by atoms with Crippen molar-refractivity contribution in [3.8, 4) is 0 Å². The fourth-order valence-electron chi connectivity index (χ4n) is 3.21. The average Bonchev–Trinajstić information content (AvgIpc) is 2.80. The Morgan fingerprint density at radius 3 is 2.74 bits per heavy atom. The first kappa shape index (κ1) is 14.5. The van der Waals surface area contributed by atoms with Gasteiger partial charge in [0.25, 0.3) is 0 Å². The lowest BCUT2D eigenvalue weighted by Gasteiger charge is -2.43. The van der Waals surface area contributed by atoms with Gasteiger partial charge in [0.15, 0.2) is 0 Å². The van der Waals surface area contributed by atoms with E-state index in [1.54, 1.807) is 0 Å². The van der Waals surface area contributed by atoms with E-state index in [1.807, 2.05) is 17.9 Å². The quantitative estimate of drug-likeness (QED) is 0.908. The van der Waals surface area contributed by atoms with Crippen LogP contribution in [0.4, 0.5) is 0 Å². The molecule has 1 aliphatic heterocycles. The van der Waals surface area contributed by atoms with Gasteiger partial charge in [0.1, 0.15) is 0 Å². The molecular formula is C15H28N4. The van der Waals surface area contributed by atoms with Crippen LogP contribution in [0.15, 0.2) is 12.4 Å². The van der Waals surface area contributed by atoms with Gasteiger partial charge in [-0.2, -0.15) is 5.10 Å². The van der Waals surface area contributed by atoms with Crippen molar-refractivity contribution in [1.29, 1.82) is 0 Å². The highest BCUT2D eigenvalue weighted by molar-refractivity contribution is 5.14. The molecule has 1 fully saturated rings. The van der Waals surface area contributed by atoms with E-state index in [9.17, 15) is 0 Å². The lowest BCUT2D eigenvalue weighted by Crippen LogP contribution is -2.49. The van der Waals surface area contributed by atoms with E-state index in [-0.39, 0.29) is 6.04 Å². The Balaban J connectivity index is 2.26. The fourth-order valence-corrected chi connectivity index (χ4v) is 3.21. The summed E-state index contributed by atoms with van der Waals surface area (Å²) in [6, 6.07) is 1.09. The Hall–Kier alpha value is -0.870. The van der Waals surface area contributed by atoms with Crippen LogP contribution in [-0.4, -0.2) is 33.3 Å². The molecule has 0 aliphatic carbocycles. The van der Waals surface area contributed by atoms with Crippen molar-refractivity contribution >= 4 is 0 Å². The fraction of sp³-hybridized carbons (Fsp3) is 0.800. The van der Waals surface area contributed by atoms with Gasteiger partial charge < -0.3 is 5.73 Å². The Kier molecular flexibility index (Phi) is 4.63. The summed E-state index contributed by atoms with van der Waals surface area (Å²) in [6.07, 6.45) is 7.70. The standard InChI is InChI=1S/C15H28N4/c1-5-14(16)15(13-8-17-18(4)10-13)19-9-11(2)6-7-12(19)3/h8,10-12,14-15H,5-7,9,16H2,1-4H3. The van der Waals surface area contributed by atoms with Crippen LogP contribution in [-0.2, 0) is 7.05 Å². The first-order valence-corrected chi connectivity index (χ1v) is 7.52. The van der Waals surface area contributed by atoms with Crippen LogP contribution in [0, 0.1) is 5.92 Å². The normalized spacial score (nSPS) is 28.3. The summed E-state index contributed by atoms with van der Waals surface area (Å²) in [4.78, 5) is 2.60. The molecule has 4 heteroatoms. The summed E-state index contributed by atoms with van der Waals surface area (Å²) in [7, 11) is 1.97. The van der Waals surface area contributed by atoms with Crippen LogP contribution < -0.4 is 5.73 Å². The number of aromatic nitrogens is 2. The number of rotatable bonds is 4. The van der Waals surface area contributed by atoms with E-state index < -0.39 is 0 Å². The maximum absolute atomic E-state index is 6.42. The summed E-state index contributed by atoms with van der Waals surface area (Å²) in [5.74, 6) is 0.763. The average molecular weight is 264 g/mol. The van der Waals surface area contributed by atoms with E-state index in [2.05, 4.69) is 37.0 Å². The number of nitrogens with two attached hydrogens (primary N) is 1. The third-order valence-corrected chi connectivity index (χ3v) is 4.47. The van der Waals surface area contributed by atoms with Gasteiger partial charge in [-0.15, -0.1) is 0 Å². The molecule has 108 valence electrons. The van der Waals surface area contributed by atoms with Gasteiger partial charge in [-0.1, -0.05) is 13.8 Å². The Labute approximate surface area is 117 Å². The second-order valence-corrected chi connectivity index (χ2v) is 6.19. The summed E-state index contributed by atoms with van der Waals surface area (Å²) in [6.45, 7) is 7.99. The van der Waals surface area contributed by atoms with Gasteiger partial charge in [-0.3, -0.25) is 9.58 Å². The minimum absolute atomic E-state index is 0.178. The SMILES string of the molecule is CCC(N)C(c1cnn(C)c1)N1CC(C)CCC1C. The van der Waals surface area contributed by atoms with Crippen LogP contribution in [0.3, 0.4) is 0 Å². The summed E-state index contributed by atoms with van der Waals surface area (Å²) in [5.41, 5.74) is 7.68. The van der Waals surface area contributed by atoms with Crippen molar-refractivity contribution in [2.24, 2.45) is 18.7 Å². The molecule has 1 aromatic rings. The van der Waals surface area contributed by atoms with E-state index in [0.29, 0.717) is 12.1 Å². The smallest absolute Gasteiger partial charge is 0.0538 e. The lowest BCUT2D eigenvalue weighted by atomic mass is 9.89. The second-order valence-electron chi connectivity index (χ2n) is 6.19.